The quantitative estimate of drug-likeness (QED) is 0.701. The predicted molar refractivity (Wildman–Crippen MR) is 85.0 cm³/mol. The highest BCUT2D eigenvalue weighted by atomic mass is 16.5. The van der Waals surface area contributed by atoms with Crippen LogP contribution in [0.25, 0.3) is 0 Å². The standard InChI is InChI=1S/C16H26N4O3/c21-8-10-23-9-7-19-3-5-20(6-4-19)16(22)13-1-2-14-15(11-13)18-12-17-14/h12-13,21H,1-11H2,(H,17,18). The molecule has 2 N–H and O–H groups in total. The van der Waals surface area contributed by atoms with Crippen molar-refractivity contribution in [1.82, 2.24) is 19.8 Å². The summed E-state index contributed by atoms with van der Waals surface area (Å²) >= 11 is 0. The van der Waals surface area contributed by atoms with E-state index in [1.54, 1.807) is 6.33 Å². The highest BCUT2D eigenvalue weighted by molar-refractivity contribution is 5.79. The Balaban J connectivity index is 1.42. The summed E-state index contributed by atoms with van der Waals surface area (Å²) in [5.74, 6) is 0.392. The topological polar surface area (TPSA) is 81.7 Å². The Kier molecular flexibility index (Phi) is 5.64. The molecule has 1 aromatic rings. The van der Waals surface area contributed by atoms with Crippen molar-refractivity contribution in [3.63, 3.8) is 0 Å². The van der Waals surface area contributed by atoms with Gasteiger partial charge in [-0.05, 0) is 12.8 Å². The van der Waals surface area contributed by atoms with Gasteiger partial charge in [-0.3, -0.25) is 9.69 Å². The Morgan fingerprint density at radius 1 is 1.35 bits per heavy atom. The van der Waals surface area contributed by atoms with E-state index in [9.17, 15) is 4.79 Å². The van der Waals surface area contributed by atoms with E-state index in [0.29, 0.717) is 19.1 Å². The van der Waals surface area contributed by atoms with Crippen LogP contribution >= 0.6 is 0 Å². The summed E-state index contributed by atoms with van der Waals surface area (Å²) in [5.41, 5.74) is 2.26. The number of imidazole rings is 1. The van der Waals surface area contributed by atoms with Crippen molar-refractivity contribution in [1.29, 1.82) is 0 Å². The third-order valence-electron chi connectivity index (χ3n) is 4.81. The van der Waals surface area contributed by atoms with Gasteiger partial charge in [-0.2, -0.15) is 0 Å². The van der Waals surface area contributed by atoms with Gasteiger partial charge in [0.25, 0.3) is 0 Å². The Bertz CT molecular complexity index is 511. The summed E-state index contributed by atoms with van der Waals surface area (Å²) in [5, 5.41) is 8.68. The monoisotopic (exact) mass is 322 g/mol. The van der Waals surface area contributed by atoms with Gasteiger partial charge in [-0.1, -0.05) is 0 Å². The molecule has 23 heavy (non-hydrogen) atoms. The summed E-state index contributed by atoms with van der Waals surface area (Å²) in [4.78, 5) is 24.5. The van der Waals surface area contributed by atoms with Crippen LogP contribution in [0.5, 0.6) is 0 Å². The Morgan fingerprint density at radius 3 is 2.96 bits per heavy atom. The van der Waals surface area contributed by atoms with Gasteiger partial charge in [-0.15, -0.1) is 0 Å². The molecule has 2 aliphatic rings. The van der Waals surface area contributed by atoms with Crippen LogP contribution in [0.2, 0.25) is 0 Å². The molecule has 1 saturated heterocycles. The molecule has 0 aromatic carbocycles. The maximum Gasteiger partial charge on any atom is 0.226 e. The molecule has 1 unspecified atom stereocenters. The smallest absolute Gasteiger partial charge is 0.226 e. The first kappa shape index (κ1) is 16.4. The molecule has 1 aromatic heterocycles. The second kappa shape index (κ2) is 7.90. The molecule has 1 amide bonds. The van der Waals surface area contributed by atoms with E-state index in [2.05, 4.69) is 14.9 Å². The third-order valence-corrected chi connectivity index (χ3v) is 4.81. The number of aromatic nitrogens is 2. The van der Waals surface area contributed by atoms with Gasteiger partial charge in [0.15, 0.2) is 0 Å². The minimum atomic E-state index is 0.0711. The van der Waals surface area contributed by atoms with Crippen LogP contribution in [-0.2, 0) is 22.4 Å². The number of amides is 1. The Morgan fingerprint density at radius 2 is 2.17 bits per heavy atom. The second-order valence-electron chi connectivity index (χ2n) is 6.27. The van der Waals surface area contributed by atoms with Crippen LogP contribution in [-0.4, -0.2) is 83.3 Å². The number of hydrogen-bond acceptors (Lipinski definition) is 5. The molecule has 0 spiro atoms. The summed E-state index contributed by atoms with van der Waals surface area (Å²) in [6, 6.07) is 0. The lowest BCUT2D eigenvalue weighted by Gasteiger charge is -2.37. The van der Waals surface area contributed by atoms with E-state index >= 15 is 0 Å². The number of nitrogens with zero attached hydrogens (tertiary/aromatic N) is 3. The molecule has 1 atom stereocenters. The van der Waals surface area contributed by atoms with Crippen molar-refractivity contribution in [2.75, 3.05) is 52.5 Å². The zero-order valence-corrected chi connectivity index (χ0v) is 13.5. The normalized spacial score (nSPS) is 22.1. The van der Waals surface area contributed by atoms with E-state index < -0.39 is 0 Å². The number of H-pyrrole nitrogens is 1. The summed E-state index contributed by atoms with van der Waals surface area (Å²) in [6.07, 6.45) is 4.34. The number of hydrogen-bond donors (Lipinski definition) is 2. The van der Waals surface area contributed by atoms with Crippen molar-refractivity contribution in [3.05, 3.63) is 17.7 Å². The van der Waals surface area contributed by atoms with Gasteiger partial charge in [-0.25, -0.2) is 4.98 Å². The predicted octanol–water partition coefficient (Wildman–Crippen LogP) is -0.332. The van der Waals surface area contributed by atoms with Crippen LogP contribution in [0.3, 0.4) is 0 Å². The van der Waals surface area contributed by atoms with Gasteiger partial charge >= 0.3 is 0 Å². The van der Waals surface area contributed by atoms with Crippen LogP contribution in [0.4, 0.5) is 0 Å². The lowest BCUT2D eigenvalue weighted by molar-refractivity contribution is -0.137. The number of carbonyl (C=O) groups is 1. The molecule has 7 heteroatoms. The molecule has 1 fully saturated rings. The molecule has 3 rings (SSSR count). The number of nitrogens with one attached hydrogen (secondary N) is 1. The van der Waals surface area contributed by atoms with Gasteiger partial charge < -0.3 is 19.7 Å². The van der Waals surface area contributed by atoms with E-state index in [4.69, 9.17) is 9.84 Å². The largest absolute Gasteiger partial charge is 0.394 e. The van der Waals surface area contributed by atoms with Crippen molar-refractivity contribution < 1.29 is 14.6 Å². The molecule has 2 heterocycles. The maximum absolute atomic E-state index is 12.7. The van der Waals surface area contributed by atoms with Gasteiger partial charge in [0.2, 0.25) is 5.91 Å². The summed E-state index contributed by atoms with van der Waals surface area (Å²) in [6.45, 7) is 5.36. The molecule has 0 bridgehead atoms. The Hall–Kier alpha value is -1.44. The highest BCUT2D eigenvalue weighted by Gasteiger charge is 2.31. The van der Waals surface area contributed by atoms with Crippen LogP contribution in [0.1, 0.15) is 17.8 Å². The van der Waals surface area contributed by atoms with E-state index in [1.165, 1.54) is 0 Å². The maximum atomic E-state index is 12.7. The SMILES string of the molecule is O=C(C1CCc2nc[nH]c2C1)N1CCN(CCOCCO)CC1. The molecule has 7 nitrogen and oxygen atoms in total. The lowest BCUT2D eigenvalue weighted by atomic mass is 9.88. The molecule has 1 aliphatic heterocycles. The Labute approximate surface area is 136 Å². The zero-order valence-electron chi connectivity index (χ0n) is 13.5. The van der Waals surface area contributed by atoms with Crippen LogP contribution in [0, 0.1) is 5.92 Å². The number of aliphatic hydroxyl groups is 1. The number of aliphatic hydroxyl groups excluding tert-OH is 1. The minimum Gasteiger partial charge on any atom is -0.394 e. The fourth-order valence-electron chi connectivity index (χ4n) is 3.42. The number of rotatable bonds is 6. The average Bonchev–Trinajstić information content (AvgIpc) is 3.06. The van der Waals surface area contributed by atoms with Gasteiger partial charge in [0.1, 0.15) is 0 Å². The van der Waals surface area contributed by atoms with Gasteiger partial charge in [0, 0.05) is 50.8 Å². The first-order valence-corrected chi connectivity index (χ1v) is 8.49. The number of aryl methyl sites for hydroxylation is 1. The molecular weight excluding hydrogens is 296 g/mol. The number of carbonyl (C=O) groups excluding carboxylic acids is 1. The number of ether oxygens (including phenoxy) is 1. The summed E-state index contributed by atoms with van der Waals surface area (Å²) < 4.78 is 5.30. The van der Waals surface area contributed by atoms with Crippen molar-refractivity contribution in [2.24, 2.45) is 5.92 Å². The fraction of sp³-hybridized carbons (Fsp3) is 0.750. The average molecular weight is 322 g/mol. The zero-order chi connectivity index (χ0) is 16.1. The number of aromatic amines is 1. The van der Waals surface area contributed by atoms with Gasteiger partial charge in [0.05, 0.1) is 31.8 Å². The first-order valence-electron chi connectivity index (χ1n) is 8.49. The number of piperazine rings is 1. The number of fused-ring (bicyclic) bond motifs is 1. The second-order valence-corrected chi connectivity index (χ2v) is 6.27. The van der Waals surface area contributed by atoms with Crippen molar-refractivity contribution in [3.8, 4) is 0 Å². The summed E-state index contributed by atoms with van der Waals surface area (Å²) in [7, 11) is 0. The fourth-order valence-corrected chi connectivity index (χ4v) is 3.42. The lowest BCUT2D eigenvalue weighted by Crippen LogP contribution is -2.51. The highest BCUT2D eigenvalue weighted by Crippen LogP contribution is 2.24. The molecule has 1 aliphatic carbocycles. The van der Waals surface area contributed by atoms with Crippen LogP contribution in [0.15, 0.2) is 6.33 Å². The minimum absolute atomic E-state index is 0.0711. The van der Waals surface area contributed by atoms with Crippen molar-refractivity contribution in [2.45, 2.75) is 19.3 Å². The van der Waals surface area contributed by atoms with Crippen molar-refractivity contribution >= 4 is 5.91 Å². The van der Waals surface area contributed by atoms with Crippen LogP contribution < -0.4 is 0 Å². The molecule has 128 valence electrons. The molecule has 0 radical (unpaired) electrons. The first-order chi connectivity index (χ1) is 11.3. The van der Waals surface area contributed by atoms with E-state index in [0.717, 1.165) is 63.4 Å². The van der Waals surface area contributed by atoms with E-state index in [-0.39, 0.29) is 12.5 Å². The molecule has 0 saturated carbocycles. The molecular formula is C16H26N4O3. The third kappa shape index (κ3) is 4.10. The van der Waals surface area contributed by atoms with E-state index in [1.807, 2.05) is 4.90 Å².